The standard InChI is InChI=1S/C11H19NO2/c1-3-5-6-9(4-2)7-10(8-12)11(13)14/h9-10H,3-7H2,1-2H3,(H,13,14)/t9-,10-/m0/s1. The number of hydrogen-bond acceptors (Lipinski definition) is 2. The van der Waals surface area contributed by atoms with Crippen molar-refractivity contribution in [3.63, 3.8) is 0 Å². The van der Waals surface area contributed by atoms with Crippen LogP contribution in [0.2, 0.25) is 0 Å². The summed E-state index contributed by atoms with van der Waals surface area (Å²) in [6, 6.07) is 1.84. The number of nitriles is 1. The fourth-order valence-corrected chi connectivity index (χ4v) is 1.52. The molecule has 0 heterocycles. The van der Waals surface area contributed by atoms with Crippen LogP contribution in [0.15, 0.2) is 0 Å². The Morgan fingerprint density at radius 2 is 2.14 bits per heavy atom. The van der Waals surface area contributed by atoms with Gasteiger partial charge in [-0.1, -0.05) is 39.5 Å². The number of hydrogen-bond donors (Lipinski definition) is 1. The van der Waals surface area contributed by atoms with Gasteiger partial charge in [0, 0.05) is 0 Å². The summed E-state index contributed by atoms with van der Waals surface area (Å²) < 4.78 is 0. The van der Waals surface area contributed by atoms with E-state index in [0.717, 1.165) is 25.7 Å². The van der Waals surface area contributed by atoms with Crippen LogP contribution < -0.4 is 0 Å². The minimum atomic E-state index is -0.984. The molecule has 80 valence electrons. The molecule has 14 heavy (non-hydrogen) atoms. The molecule has 0 saturated carbocycles. The van der Waals surface area contributed by atoms with Crippen LogP contribution in [0.3, 0.4) is 0 Å². The summed E-state index contributed by atoms with van der Waals surface area (Å²) in [7, 11) is 0. The molecule has 0 aromatic carbocycles. The highest BCUT2D eigenvalue weighted by molar-refractivity contribution is 5.72. The summed E-state index contributed by atoms with van der Waals surface area (Å²) in [5.74, 6) is -1.42. The van der Waals surface area contributed by atoms with Crippen molar-refractivity contribution in [3.8, 4) is 6.07 Å². The van der Waals surface area contributed by atoms with Crippen LogP contribution in [-0.4, -0.2) is 11.1 Å². The molecule has 0 unspecified atom stereocenters. The fraction of sp³-hybridized carbons (Fsp3) is 0.818. The monoisotopic (exact) mass is 197 g/mol. The number of aliphatic carboxylic acids is 1. The van der Waals surface area contributed by atoms with E-state index in [1.54, 1.807) is 0 Å². The molecule has 0 aromatic rings. The molecule has 0 rings (SSSR count). The molecule has 0 fully saturated rings. The van der Waals surface area contributed by atoms with Crippen LogP contribution >= 0.6 is 0 Å². The lowest BCUT2D eigenvalue weighted by molar-refractivity contribution is -0.140. The minimum absolute atomic E-state index is 0.385. The second-order valence-electron chi connectivity index (χ2n) is 3.67. The number of carboxylic acids is 1. The SMILES string of the molecule is CCCC[C@H](CC)C[C@@H](C#N)C(=O)O. The average molecular weight is 197 g/mol. The highest BCUT2D eigenvalue weighted by atomic mass is 16.4. The maximum absolute atomic E-state index is 10.6. The van der Waals surface area contributed by atoms with E-state index in [4.69, 9.17) is 10.4 Å². The molecule has 0 radical (unpaired) electrons. The molecule has 0 aliphatic rings. The predicted octanol–water partition coefficient (Wildman–Crippen LogP) is 2.82. The van der Waals surface area contributed by atoms with E-state index in [2.05, 4.69) is 13.8 Å². The summed E-state index contributed by atoms with van der Waals surface area (Å²) in [5.41, 5.74) is 0. The van der Waals surface area contributed by atoms with Gasteiger partial charge in [-0.15, -0.1) is 0 Å². The first-order valence-corrected chi connectivity index (χ1v) is 5.28. The Hall–Kier alpha value is -1.04. The summed E-state index contributed by atoms with van der Waals surface area (Å²) in [6.45, 7) is 4.17. The molecule has 3 nitrogen and oxygen atoms in total. The van der Waals surface area contributed by atoms with Gasteiger partial charge in [-0.3, -0.25) is 4.79 Å². The Balaban J connectivity index is 4.02. The molecule has 0 amide bonds. The van der Waals surface area contributed by atoms with Crippen LogP contribution in [0.25, 0.3) is 0 Å². The first-order chi connectivity index (χ1) is 6.65. The molecular formula is C11H19NO2. The van der Waals surface area contributed by atoms with Crippen molar-refractivity contribution >= 4 is 5.97 Å². The Bertz CT molecular complexity index is 208. The van der Waals surface area contributed by atoms with Crippen molar-refractivity contribution in [2.24, 2.45) is 11.8 Å². The minimum Gasteiger partial charge on any atom is -0.480 e. The number of carboxylic acid groups (broad SMARTS) is 1. The number of carbonyl (C=O) groups is 1. The molecule has 2 atom stereocenters. The van der Waals surface area contributed by atoms with Gasteiger partial charge in [0.25, 0.3) is 0 Å². The van der Waals surface area contributed by atoms with Gasteiger partial charge < -0.3 is 5.11 Å². The van der Waals surface area contributed by atoms with Gasteiger partial charge >= 0.3 is 5.97 Å². The number of unbranched alkanes of at least 4 members (excludes halogenated alkanes) is 1. The Labute approximate surface area is 85.7 Å². The van der Waals surface area contributed by atoms with E-state index in [1.165, 1.54) is 0 Å². The van der Waals surface area contributed by atoms with Crippen LogP contribution in [0.4, 0.5) is 0 Å². The quantitative estimate of drug-likeness (QED) is 0.682. The Kier molecular flexibility index (Phi) is 6.82. The first-order valence-electron chi connectivity index (χ1n) is 5.28. The second kappa shape index (κ2) is 7.37. The maximum Gasteiger partial charge on any atom is 0.320 e. The van der Waals surface area contributed by atoms with Gasteiger partial charge in [-0.2, -0.15) is 5.26 Å². The van der Waals surface area contributed by atoms with Crippen molar-refractivity contribution < 1.29 is 9.90 Å². The molecule has 0 aliphatic carbocycles. The Morgan fingerprint density at radius 3 is 2.50 bits per heavy atom. The normalized spacial score (nSPS) is 14.4. The van der Waals surface area contributed by atoms with Gasteiger partial charge in [0.1, 0.15) is 5.92 Å². The Morgan fingerprint density at radius 1 is 1.50 bits per heavy atom. The van der Waals surface area contributed by atoms with Gasteiger partial charge in [-0.25, -0.2) is 0 Å². The zero-order chi connectivity index (χ0) is 11.0. The van der Waals surface area contributed by atoms with Gasteiger partial charge in [0.15, 0.2) is 0 Å². The molecule has 3 heteroatoms. The smallest absolute Gasteiger partial charge is 0.320 e. The van der Waals surface area contributed by atoms with Crippen LogP contribution in [-0.2, 0) is 4.79 Å². The van der Waals surface area contributed by atoms with Crippen LogP contribution in [0.5, 0.6) is 0 Å². The lowest BCUT2D eigenvalue weighted by atomic mass is 9.89. The van der Waals surface area contributed by atoms with E-state index >= 15 is 0 Å². The lowest BCUT2D eigenvalue weighted by Crippen LogP contribution is -2.16. The highest BCUT2D eigenvalue weighted by Gasteiger charge is 2.20. The molecule has 0 spiro atoms. The van der Waals surface area contributed by atoms with Gasteiger partial charge in [0.2, 0.25) is 0 Å². The van der Waals surface area contributed by atoms with E-state index in [9.17, 15) is 4.79 Å². The summed E-state index contributed by atoms with van der Waals surface area (Å²) >= 11 is 0. The topological polar surface area (TPSA) is 61.1 Å². The van der Waals surface area contributed by atoms with E-state index in [-0.39, 0.29) is 0 Å². The molecule has 0 bridgehead atoms. The molecule has 0 aromatic heterocycles. The molecule has 1 N–H and O–H groups in total. The molecule has 0 aliphatic heterocycles. The van der Waals surface area contributed by atoms with Crippen molar-refractivity contribution in [2.45, 2.75) is 46.0 Å². The van der Waals surface area contributed by atoms with Crippen LogP contribution in [0, 0.1) is 23.2 Å². The second-order valence-corrected chi connectivity index (χ2v) is 3.67. The van der Waals surface area contributed by atoms with E-state index in [0.29, 0.717) is 12.3 Å². The van der Waals surface area contributed by atoms with E-state index in [1.807, 2.05) is 6.07 Å². The lowest BCUT2D eigenvalue weighted by Gasteiger charge is -2.15. The van der Waals surface area contributed by atoms with E-state index < -0.39 is 11.9 Å². The zero-order valence-electron chi connectivity index (χ0n) is 8.99. The van der Waals surface area contributed by atoms with Crippen molar-refractivity contribution in [3.05, 3.63) is 0 Å². The van der Waals surface area contributed by atoms with Crippen LogP contribution in [0.1, 0.15) is 46.0 Å². The maximum atomic E-state index is 10.6. The largest absolute Gasteiger partial charge is 0.480 e. The zero-order valence-corrected chi connectivity index (χ0v) is 8.99. The summed E-state index contributed by atoms with van der Waals surface area (Å²) in [6.07, 6.45) is 4.75. The average Bonchev–Trinajstić information content (AvgIpc) is 2.18. The van der Waals surface area contributed by atoms with Crippen molar-refractivity contribution in [2.75, 3.05) is 0 Å². The number of nitrogens with zero attached hydrogens (tertiary/aromatic N) is 1. The van der Waals surface area contributed by atoms with Crippen molar-refractivity contribution in [1.29, 1.82) is 5.26 Å². The van der Waals surface area contributed by atoms with Crippen molar-refractivity contribution in [1.82, 2.24) is 0 Å². The van der Waals surface area contributed by atoms with Gasteiger partial charge in [-0.05, 0) is 12.3 Å². The first kappa shape index (κ1) is 13.0. The third-order valence-corrected chi connectivity index (χ3v) is 2.57. The summed E-state index contributed by atoms with van der Waals surface area (Å²) in [4.78, 5) is 10.6. The summed E-state index contributed by atoms with van der Waals surface area (Å²) in [5, 5.41) is 17.4. The number of rotatable bonds is 7. The molecule has 0 saturated heterocycles. The predicted molar refractivity (Wildman–Crippen MR) is 54.7 cm³/mol. The third-order valence-electron chi connectivity index (χ3n) is 2.57. The fourth-order valence-electron chi connectivity index (χ4n) is 1.52. The third kappa shape index (κ3) is 4.86. The highest BCUT2D eigenvalue weighted by Crippen LogP contribution is 2.21. The molecular weight excluding hydrogens is 178 g/mol. The van der Waals surface area contributed by atoms with Gasteiger partial charge in [0.05, 0.1) is 6.07 Å².